The van der Waals surface area contributed by atoms with Gasteiger partial charge in [0.2, 0.25) is 11.8 Å². The van der Waals surface area contributed by atoms with E-state index in [4.69, 9.17) is 0 Å². The van der Waals surface area contributed by atoms with Gasteiger partial charge in [0, 0.05) is 25.7 Å². The van der Waals surface area contributed by atoms with Gasteiger partial charge in [-0.25, -0.2) is 0 Å². The summed E-state index contributed by atoms with van der Waals surface area (Å²) in [4.78, 5) is 38.3. The first-order valence-electron chi connectivity index (χ1n) is 8.07. The minimum absolute atomic E-state index is 0.0778. The van der Waals surface area contributed by atoms with Crippen molar-refractivity contribution >= 4 is 29.1 Å². The van der Waals surface area contributed by atoms with Gasteiger partial charge in [-0.1, -0.05) is 30.3 Å². The Morgan fingerprint density at radius 1 is 1.04 bits per heavy atom. The molecule has 3 rings (SSSR count). The van der Waals surface area contributed by atoms with Gasteiger partial charge in [-0.05, 0) is 24.3 Å². The number of carbonyl (C=O) groups is 3. The summed E-state index contributed by atoms with van der Waals surface area (Å²) in [6.45, 7) is 0.330. The predicted octanol–water partition coefficient (Wildman–Crippen LogP) is 2.04. The molecule has 0 spiro atoms. The summed E-state index contributed by atoms with van der Waals surface area (Å²) in [5.41, 5.74) is 1.62. The van der Waals surface area contributed by atoms with Gasteiger partial charge in [0.25, 0.3) is 5.91 Å². The Bertz CT molecular complexity index is 805. The highest BCUT2D eigenvalue weighted by Crippen LogP contribution is 2.26. The molecule has 1 saturated heterocycles. The van der Waals surface area contributed by atoms with Crippen LogP contribution in [0.25, 0.3) is 0 Å². The van der Waals surface area contributed by atoms with Crippen molar-refractivity contribution in [1.29, 1.82) is 0 Å². The number of rotatable bonds is 4. The van der Waals surface area contributed by atoms with Gasteiger partial charge in [0.1, 0.15) is 0 Å². The molecule has 0 radical (unpaired) electrons. The summed E-state index contributed by atoms with van der Waals surface area (Å²) in [5, 5.41) is 5.33. The van der Waals surface area contributed by atoms with Gasteiger partial charge in [0.15, 0.2) is 0 Å². The molecule has 1 aliphatic rings. The van der Waals surface area contributed by atoms with E-state index < -0.39 is 5.92 Å². The molecule has 0 aliphatic carbocycles. The van der Waals surface area contributed by atoms with Gasteiger partial charge in [-0.15, -0.1) is 0 Å². The quantitative estimate of drug-likeness (QED) is 0.896. The van der Waals surface area contributed by atoms with Crippen LogP contribution in [0, 0.1) is 5.92 Å². The van der Waals surface area contributed by atoms with Crippen molar-refractivity contribution in [1.82, 2.24) is 5.32 Å². The van der Waals surface area contributed by atoms with Crippen molar-refractivity contribution in [2.24, 2.45) is 5.92 Å². The second kappa shape index (κ2) is 7.17. The van der Waals surface area contributed by atoms with Crippen LogP contribution in [0.5, 0.6) is 0 Å². The number of benzene rings is 2. The molecule has 3 amide bonds. The zero-order chi connectivity index (χ0) is 17.8. The minimum Gasteiger partial charge on any atom is -0.355 e. The summed E-state index contributed by atoms with van der Waals surface area (Å²) in [7, 11) is 1.54. The highest BCUT2D eigenvalue weighted by molar-refractivity contribution is 6.07. The van der Waals surface area contributed by atoms with Crippen LogP contribution in [0.2, 0.25) is 0 Å². The first kappa shape index (κ1) is 16.7. The number of nitrogens with one attached hydrogen (secondary N) is 2. The molecule has 128 valence electrons. The molecule has 1 aliphatic heterocycles. The number of nitrogens with zero attached hydrogens (tertiary/aromatic N) is 1. The van der Waals surface area contributed by atoms with Crippen LogP contribution in [-0.2, 0) is 9.59 Å². The maximum absolute atomic E-state index is 12.6. The summed E-state index contributed by atoms with van der Waals surface area (Å²) in [6, 6.07) is 16.1. The van der Waals surface area contributed by atoms with Crippen molar-refractivity contribution < 1.29 is 14.4 Å². The monoisotopic (exact) mass is 337 g/mol. The normalized spacial score (nSPS) is 16.6. The fourth-order valence-electron chi connectivity index (χ4n) is 2.90. The van der Waals surface area contributed by atoms with E-state index in [9.17, 15) is 14.4 Å². The minimum atomic E-state index is -0.453. The second-order valence-corrected chi connectivity index (χ2v) is 5.85. The molecule has 6 heteroatoms. The zero-order valence-electron chi connectivity index (χ0n) is 13.9. The van der Waals surface area contributed by atoms with Crippen LogP contribution in [-0.4, -0.2) is 31.3 Å². The van der Waals surface area contributed by atoms with Crippen molar-refractivity contribution in [2.75, 3.05) is 23.8 Å². The van der Waals surface area contributed by atoms with Crippen molar-refractivity contribution in [2.45, 2.75) is 6.42 Å². The SMILES string of the molecule is CNC(=O)c1ccccc1NC(=O)[C@@H]1CC(=O)N(c2ccccc2)C1. The van der Waals surface area contributed by atoms with Crippen LogP contribution in [0.3, 0.4) is 0 Å². The molecule has 2 aromatic carbocycles. The molecule has 1 atom stereocenters. The van der Waals surface area contributed by atoms with E-state index in [0.29, 0.717) is 17.8 Å². The van der Waals surface area contributed by atoms with Crippen molar-refractivity contribution in [3.05, 3.63) is 60.2 Å². The summed E-state index contributed by atoms with van der Waals surface area (Å²) < 4.78 is 0. The Morgan fingerprint density at radius 2 is 1.72 bits per heavy atom. The van der Waals surface area contributed by atoms with Gasteiger partial charge in [0.05, 0.1) is 17.2 Å². The molecule has 6 nitrogen and oxygen atoms in total. The number of hydrogen-bond acceptors (Lipinski definition) is 3. The smallest absolute Gasteiger partial charge is 0.253 e. The van der Waals surface area contributed by atoms with Gasteiger partial charge < -0.3 is 15.5 Å². The molecule has 2 N–H and O–H groups in total. The van der Waals surface area contributed by atoms with E-state index >= 15 is 0 Å². The van der Waals surface area contributed by atoms with Crippen molar-refractivity contribution in [3.8, 4) is 0 Å². The number of amides is 3. The Hall–Kier alpha value is -3.15. The summed E-state index contributed by atoms with van der Waals surface area (Å²) in [6.07, 6.45) is 0.156. The fraction of sp³-hybridized carbons (Fsp3) is 0.211. The van der Waals surface area contributed by atoms with Crippen molar-refractivity contribution in [3.63, 3.8) is 0 Å². The van der Waals surface area contributed by atoms with Gasteiger partial charge in [-0.3, -0.25) is 14.4 Å². The Morgan fingerprint density at radius 3 is 2.44 bits per heavy atom. The molecule has 0 aromatic heterocycles. The first-order valence-corrected chi connectivity index (χ1v) is 8.07. The number of anilines is 2. The van der Waals surface area contributed by atoms with E-state index in [1.807, 2.05) is 30.3 Å². The second-order valence-electron chi connectivity index (χ2n) is 5.85. The highest BCUT2D eigenvalue weighted by Gasteiger charge is 2.35. The molecular formula is C19H19N3O3. The van der Waals surface area contributed by atoms with E-state index in [-0.39, 0.29) is 24.1 Å². The lowest BCUT2D eigenvalue weighted by atomic mass is 10.1. The van der Waals surface area contributed by atoms with E-state index in [2.05, 4.69) is 10.6 Å². The molecule has 0 unspecified atom stereocenters. The Labute approximate surface area is 145 Å². The number of carbonyl (C=O) groups excluding carboxylic acids is 3. The lowest BCUT2D eigenvalue weighted by molar-refractivity contribution is -0.122. The van der Waals surface area contributed by atoms with Gasteiger partial charge in [-0.2, -0.15) is 0 Å². The molecule has 25 heavy (non-hydrogen) atoms. The van der Waals surface area contributed by atoms with Crippen LogP contribution < -0.4 is 15.5 Å². The fourth-order valence-corrected chi connectivity index (χ4v) is 2.90. The van der Waals surface area contributed by atoms with E-state index in [0.717, 1.165) is 5.69 Å². The van der Waals surface area contributed by atoms with Crippen LogP contribution in [0.4, 0.5) is 11.4 Å². The average Bonchev–Trinajstić information content (AvgIpc) is 3.04. The third-order valence-corrected chi connectivity index (χ3v) is 4.22. The summed E-state index contributed by atoms with van der Waals surface area (Å²) in [5.74, 6) is -1.07. The lowest BCUT2D eigenvalue weighted by Gasteiger charge is -2.17. The third-order valence-electron chi connectivity index (χ3n) is 4.22. The molecule has 2 aromatic rings. The zero-order valence-corrected chi connectivity index (χ0v) is 13.9. The Balaban J connectivity index is 1.73. The summed E-state index contributed by atoms with van der Waals surface area (Å²) >= 11 is 0. The topological polar surface area (TPSA) is 78.5 Å². The standard InChI is InChI=1S/C19H19N3O3/c1-20-19(25)15-9-5-6-10-16(15)21-18(24)13-11-17(23)22(12-13)14-7-3-2-4-8-14/h2-10,13H,11-12H2,1H3,(H,20,25)(H,21,24)/t13-/m1/s1. The van der Waals surface area contributed by atoms with Crippen LogP contribution >= 0.6 is 0 Å². The molecular weight excluding hydrogens is 318 g/mol. The number of hydrogen-bond donors (Lipinski definition) is 2. The van der Waals surface area contributed by atoms with E-state index in [1.165, 1.54) is 7.05 Å². The molecule has 1 fully saturated rings. The third kappa shape index (κ3) is 3.52. The molecule has 0 saturated carbocycles. The maximum Gasteiger partial charge on any atom is 0.253 e. The van der Waals surface area contributed by atoms with Gasteiger partial charge >= 0.3 is 0 Å². The number of para-hydroxylation sites is 2. The molecule has 1 heterocycles. The molecule has 0 bridgehead atoms. The average molecular weight is 337 g/mol. The van der Waals surface area contributed by atoms with Crippen LogP contribution in [0.15, 0.2) is 54.6 Å². The highest BCUT2D eigenvalue weighted by atomic mass is 16.2. The largest absolute Gasteiger partial charge is 0.355 e. The van der Waals surface area contributed by atoms with Crippen LogP contribution in [0.1, 0.15) is 16.8 Å². The first-order chi connectivity index (χ1) is 12.1. The lowest BCUT2D eigenvalue weighted by Crippen LogP contribution is -2.29. The van der Waals surface area contributed by atoms with E-state index in [1.54, 1.807) is 29.2 Å². The maximum atomic E-state index is 12.6. The predicted molar refractivity (Wildman–Crippen MR) is 95.4 cm³/mol. The Kier molecular flexibility index (Phi) is 4.79.